The van der Waals surface area contributed by atoms with Gasteiger partial charge in [0.05, 0.1) is 0 Å². The molecule has 1 amide bonds. The minimum absolute atomic E-state index is 0.202. The van der Waals surface area contributed by atoms with E-state index in [4.69, 9.17) is 5.73 Å². The summed E-state index contributed by atoms with van der Waals surface area (Å²) in [5.74, 6) is 0.949. The van der Waals surface area contributed by atoms with Crippen molar-refractivity contribution in [2.75, 3.05) is 13.1 Å². The zero-order chi connectivity index (χ0) is 12.7. The molecule has 0 radical (unpaired) electrons. The highest BCUT2D eigenvalue weighted by atomic mass is 16.1. The van der Waals surface area contributed by atoms with Gasteiger partial charge in [-0.25, -0.2) is 0 Å². The standard InChI is InChI=1S/C12H24N4O/c1-9(2)16-12(13)15-8-4-7-14-11(17)10-5-3-6-10/h9-10H,3-8H2,1-2H3,(H,14,17)(H3,13,15,16). The van der Waals surface area contributed by atoms with Gasteiger partial charge in [0.2, 0.25) is 5.91 Å². The van der Waals surface area contributed by atoms with Crippen molar-refractivity contribution in [1.82, 2.24) is 10.6 Å². The molecule has 1 aliphatic carbocycles. The van der Waals surface area contributed by atoms with E-state index in [0.29, 0.717) is 25.1 Å². The van der Waals surface area contributed by atoms with Gasteiger partial charge < -0.3 is 16.4 Å². The zero-order valence-corrected chi connectivity index (χ0v) is 10.8. The highest BCUT2D eigenvalue weighted by molar-refractivity contribution is 5.79. The SMILES string of the molecule is CC(C)NC(N)=NCCCNC(=O)C1CCC1. The molecule has 1 aliphatic rings. The van der Waals surface area contributed by atoms with Gasteiger partial charge in [-0.15, -0.1) is 0 Å². The first-order valence-electron chi connectivity index (χ1n) is 6.43. The Morgan fingerprint density at radius 3 is 2.71 bits per heavy atom. The van der Waals surface area contributed by atoms with Crippen LogP contribution in [0.1, 0.15) is 39.5 Å². The second-order valence-corrected chi connectivity index (χ2v) is 4.84. The van der Waals surface area contributed by atoms with E-state index in [0.717, 1.165) is 19.3 Å². The van der Waals surface area contributed by atoms with E-state index < -0.39 is 0 Å². The number of aliphatic imine (C=N–C) groups is 1. The largest absolute Gasteiger partial charge is 0.370 e. The van der Waals surface area contributed by atoms with Crippen LogP contribution in [-0.4, -0.2) is 31.0 Å². The summed E-state index contributed by atoms with van der Waals surface area (Å²) >= 11 is 0. The highest BCUT2D eigenvalue weighted by Crippen LogP contribution is 2.25. The molecule has 1 fully saturated rings. The van der Waals surface area contributed by atoms with Gasteiger partial charge in [-0.3, -0.25) is 9.79 Å². The lowest BCUT2D eigenvalue weighted by Gasteiger charge is -2.23. The van der Waals surface area contributed by atoms with Crippen molar-refractivity contribution in [3.05, 3.63) is 0 Å². The predicted molar refractivity (Wildman–Crippen MR) is 69.7 cm³/mol. The zero-order valence-electron chi connectivity index (χ0n) is 10.8. The fourth-order valence-electron chi connectivity index (χ4n) is 1.65. The Labute approximate surface area is 103 Å². The van der Waals surface area contributed by atoms with Crippen molar-refractivity contribution in [2.45, 2.75) is 45.6 Å². The quantitative estimate of drug-likeness (QED) is 0.361. The van der Waals surface area contributed by atoms with Crippen LogP contribution in [0, 0.1) is 5.92 Å². The number of hydrogen-bond acceptors (Lipinski definition) is 2. The normalized spacial score (nSPS) is 16.8. The van der Waals surface area contributed by atoms with Crippen LogP contribution in [-0.2, 0) is 4.79 Å². The summed E-state index contributed by atoms with van der Waals surface area (Å²) in [6, 6.07) is 0.303. The number of guanidine groups is 1. The molecule has 1 saturated carbocycles. The second-order valence-electron chi connectivity index (χ2n) is 4.84. The van der Waals surface area contributed by atoms with Crippen molar-refractivity contribution >= 4 is 11.9 Å². The monoisotopic (exact) mass is 240 g/mol. The summed E-state index contributed by atoms with van der Waals surface area (Å²) < 4.78 is 0. The van der Waals surface area contributed by atoms with Gasteiger partial charge in [0.15, 0.2) is 5.96 Å². The summed E-state index contributed by atoms with van der Waals surface area (Å²) in [4.78, 5) is 15.7. The van der Waals surface area contributed by atoms with E-state index in [9.17, 15) is 4.79 Å². The molecule has 98 valence electrons. The summed E-state index contributed by atoms with van der Waals surface area (Å²) in [7, 11) is 0. The highest BCUT2D eigenvalue weighted by Gasteiger charge is 2.24. The van der Waals surface area contributed by atoms with Gasteiger partial charge in [0.1, 0.15) is 0 Å². The minimum Gasteiger partial charge on any atom is -0.370 e. The van der Waals surface area contributed by atoms with E-state index in [1.54, 1.807) is 0 Å². The maximum atomic E-state index is 11.5. The Balaban J connectivity index is 2.01. The molecule has 17 heavy (non-hydrogen) atoms. The van der Waals surface area contributed by atoms with Crippen molar-refractivity contribution in [1.29, 1.82) is 0 Å². The van der Waals surface area contributed by atoms with Crippen molar-refractivity contribution < 1.29 is 4.79 Å². The number of nitrogens with two attached hydrogens (primary N) is 1. The molecule has 0 aromatic rings. The van der Waals surface area contributed by atoms with E-state index >= 15 is 0 Å². The van der Waals surface area contributed by atoms with E-state index in [-0.39, 0.29) is 11.8 Å². The van der Waals surface area contributed by atoms with Crippen LogP contribution in [0.2, 0.25) is 0 Å². The number of amides is 1. The predicted octanol–water partition coefficient (Wildman–Crippen LogP) is 0.606. The average molecular weight is 240 g/mol. The number of carbonyl (C=O) groups excluding carboxylic acids is 1. The molecule has 0 heterocycles. The number of hydrogen-bond donors (Lipinski definition) is 3. The second kappa shape index (κ2) is 7.14. The lowest BCUT2D eigenvalue weighted by Crippen LogP contribution is -2.37. The maximum Gasteiger partial charge on any atom is 0.223 e. The number of rotatable bonds is 6. The van der Waals surface area contributed by atoms with Gasteiger partial charge in [0, 0.05) is 25.0 Å². The molecule has 5 heteroatoms. The molecule has 1 rings (SSSR count). The number of nitrogens with zero attached hydrogens (tertiary/aromatic N) is 1. The topological polar surface area (TPSA) is 79.5 Å². The minimum atomic E-state index is 0.202. The molecular weight excluding hydrogens is 216 g/mol. The van der Waals surface area contributed by atoms with Crippen LogP contribution >= 0.6 is 0 Å². The first-order chi connectivity index (χ1) is 8.09. The third kappa shape index (κ3) is 5.56. The number of nitrogens with one attached hydrogen (secondary N) is 2. The summed E-state index contributed by atoms with van der Waals surface area (Å²) in [6.07, 6.45) is 4.13. The van der Waals surface area contributed by atoms with Crippen LogP contribution in [0.15, 0.2) is 4.99 Å². The Bertz CT molecular complexity index is 272. The van der Waals surface area contributed by atoms with Crippen LogP contribution in [0.4, 0.5) is 0 Å². The molecular formula is C12H24N4O. The molecule has 0 aromatic carbocycles. The Morgan fingerprint density at radius 2 is 2.18 bits per heavy atom. The van der Waals surface area contributed by atoms with Gasteiger partial charge in [-0.05, 0) is 33.1 Å². The average Bonchev–Trinajstić information content (AvgIpc) is 2.13. The Morgan fingerprint density at radius 1 is 1.47 bits per heavy atom. The molecule has 0 spiro atoms. The van der Waals surface area contributed by atoms with Crippen LogP contribution < -0.4 is 16.4 Å². The van der Waals surface area contributed by atoms with E-state index in [1.165, 1.54) is 6.42 Å². The molecule has 0 saturated heterocycles. The molecule has 5 nitrogen and oxygen atoms in total. The van der Waals surface area contributed by atoms with E-state index in [2.05, 4.69) is 15.6 Å². The van der Waals surface area contributed by atoms with Crippen LogP contribution in [0.5, 0.6) is 0 Å². The summed E-state index contributed by atoms with van der Waals surface area (Å²) in [5.41, 5.74) is 5.65. The van der Waals surface area contributed by atoms with Gasteiger partial charge in [-0.2, -0.15) is 0 Å². The molecule has 0 unspecified atom stereocenters. The summed E-state index contributed by atoms with van der Waals surface area (Å²) in [5, 5.41) is 5.95. The molecule has 0 aliphatic heterocycles. The van der Waals surface area contributed by atoms with Crippen molar-refractivity contribution in [3.8, 4) is 0 Å². The van der Waals surface area contributed by atoms with Crippen LogP contribution in [0.25, 0.3) is 0 Å². The Kier molecular flexibility index (Phi) is 5.80. The number of carbonyl (C=O) groups is 1. The Hall–Kier alpha value is -1.26. The van der Waals surface area contributed by atoms with Crippen molar-refractivity contribution in [2.24, 2.45) is 16.6 Å². The fraction of sp³-hybridized carbons (Fsp3) is 0.833. The lowest BCUT2D eigenvalue weighted by atomic mass is 9.85. The molecule has 0 bridgehead atoms. The third-order valence-electron chi connectivity index (χ3n) is 2.83. The molecule has 0 aromatic heterocycles. The maximum absolute atomic E-state index is 11.5. The molecule has 4 N–H and O–H groups in total. The van der Waals surface area contributed by atoms with Crippen LogP contribution in [0.3, 0.4) is 0 Å². The van der Waals surface area contributed by atoms with Gasteiger partial charge in [0.25, 0.3) is 0 Å². The first kappa shape index (κ1) is 13.8. The van der Waals surface area contributed by atoms with Gasteiger partial charge >= 0.3 is 0 Å². The first-order valence-corrected chi connectivity index (χ1v) is 6.43. The fourth-order valence-corrected chi connectivity index (χ4v) is 1.65. The van der Waals surface area contributed by atoms with E-state index in [1.807, 2.05) is 13.8 Å². The summed E-state index contributed by atoms with van der Waals surface area (Å²) in [6.45, 7) is 5.37. The third-order valence-corrected chi connectivity index (χ3v) is 2.83. The van der Waals surface area contributed by atoms with Crippen molar-refractivity contribution in [3.63, 3.8) is 0 Å². The molecule has 0 atom stereocenters. The van der Waals surface area contributed by atoms with Gasteiger partial charge in [-0.1, -0.05) is 6.42 Å². The smallest absolute Gasteiger partial charge is 0.223 e. The lowest BCUT2D eigenvalue weighted by molar-refractivity contribution is -0.127.